The highest BCUT2D eigenvalue weighted by Crippen LogP contribution is 2.26. The molecular weight excluding hydrogens is 360 g/mol. The molecule has 18 heavy (non-hydrogen) atoms. The van der Waals surface area contributed by atoms with E-state index in [2.05, 4.69) is 42.1 Å². The monoisotopic (exact) mass is 368 g/mol. The van der Waals surface area contributed by atoms with Crippen LogP contribution in [-0.4, -0.2) is 5.11 Å². The normalized spacial score (nSPS) is 11.1. The molecule has 2 aromatic rings. The van der Waals surface area contributed by atoms with Gasteiger partial charge < -0.3 is 5.11 Å². The highest BCUT2D eigenvalue weighted by molar-refractivity contribution is 9.10. The molecule has 0 atom stereocenters. The van der Waals surface area contributed by atoms with Gasteiger partial charge in [0.2, 0.25) is 0 Å². The Bertz CT molecular complexity index is 568. The van der Waals surface area contributed by atoms with Crippen LogP contribution in [0.1, 0.15) is 5.56 Å². The molecule has 0 bridgehead atoms. The van der Waals surface area contributed by atoms with Crippen LogP contribution in [0.25, 0.3) is 0 Å². The van der Waals surface area contributed by atoms with Gasteiger partial charge in [-0.05, 0) is 42.5 Å². The molecule has 0 saturated carbocycles. The van der Waals surface area contributed by atoms with Gasteiger partial charge in [-0.15, -0.1) is 0 Å². The van der Waals surface area contributed by atoms with Gasteiger partial charge in [-0.1, -0.05) is 31.9 Å². The standard InChI is InChI=1S/C13H10Br2N2O/c14-10-1-4-12(5-2-10)16-17-13-6-3-11(15)7-9(13)8-18/h1-7,18H,8H2. The molecule has 0 unspecified atom stereocenters. The number of aliphatic hydroxyl groups is 1. The van der Waals surface area contributed by atoms with Crippen LogP contribution < -0.4 is 0 Å². The summed E-state index contributed by atoms with van der Waals surface area (Å²) in [6, 6.07) is 13.1. The SMILES string of the molecule is OCc1cc(Br)ccc1N=Nc1ccc(Br)cc1. The van der Waals surface area contributed by atoms with Crippen molar-refractivity contribution in [3.63, 3.8) is 0 Å². The number of rotatable bonds is 3. The topological polar surface area (TPSA) is 45.0 Å². The van der Waals surface area contributed by atoms with Gasteiger partial charge in [-0.25, -0.2) is 0 Å². The average molecular weight is 370 g/mol. The van der Waals surface area contributed by atoms with Crippen molar-refractivity contribution in [1.82, 2.24) is 0 Å². The van der Waals surface area contributed by atoms with E-state index >= 15 is 0 Å². The smallest absolute Gasteiger partial charge is 0.0912 e. The Balaban J connectivity index is 2.25. The van der Waals surface area contributed by atoms with Crippen LogP contribution in [0.5, 0.6) is 0 Å². The van der Waals surface area contributed by atoms with E-state index in [1.54, 1.807) is 0 Å². The molecule has 0 aliphatic heterocycles. The summed E-state index contributed by atoms with van der Waals surface area (Å²) in [6.45, 7) is -0.0614. The van der Waals surface area contributed by atoms with Crippen LogP contribution in [0.15, 0.2) is 61.6 Å². The van der Waals surface area contributed by atoms with E-state index < -0.39 is 0 Å². The minimum absolute atomic E-state index is 0.0614. The van der Waals surface area contributed by atoms with Crippen molar-refractivity contribution in [3.05, 3.63) is 57.0 Å². The van der Waals surface area contributed by atoms with Crippen molar-refractivity contribution in [2.45, 2.75) is 6.61 Å². The molecule has 0 spiro atoms. The van der Waals surface area contributed by atoms with Gasteiger partial charge in [0.05, 0.1) is 18.0 Å². The number of benzene rings is 2. The van der Waals surface area contributed by atoms with Gasteiger partial charge in [0.25, 0.3) is 0 Å². The number of hydrogen-bond donors (Lipinski definition) is 1. The van der Waals surface area contributed by atoms with Crippen molar-refractivity contribution in [2.24, 2.45) is 10.2 Å². The fourth-order valence-electron chi connectivity index (χ4n) is 1.40. The first kappa shape index (κ1) is 13.4. The van der Waals surface area contributed by atoms with Crippen LogP contribution in [0, 0.1) is 0 Å². The summed E-state index contributed by atoms with van der Waals surface area (Å²) in [4.78, 5) is 0. The van der Waals surface area contributed by atoms with E-state index in [1.807, 2.05) is 42.5 Å². The van der Waals surface area contributed by atoms with Gasteiger partial charge in [-0.3, -0.25) is 0 Å². The summed E-state index contributed by atoms with van der Waals surface area (Å²) < 4.78 is 1.91. The predicted octanol–water partition coefficient (Wildman–Crippen LogP) is 5.12. The highest BCUT2D eigenvalue weighted by Gasteiger charge is 2.01. The van der Waals surface area contributed by atoms with Gasteiger partial charge in [0.1, 0.15) is 0 Å². The van der Waals surface area contributed by atoms with Gasteiger partial charge >= 0.3 is 0 Å². The van der Waals surface area contributed by atoms with E-state index in [0.717, 1.165) is 20.2 Å². The summed E-state index contributed by atoms with van der Waals surface area (Å²) in [5.74, 6) is 0. The molecule has 92 valence electrons. The Morgan fingerprint density at radius 3 is 2.22 bits per heavy atom. The first-order valence-corrected chi connectivity index (χ1v) is 6.84. The zero-order valence-electron chi connectivity index (χ0n) is 9.35. The fourth-order valence-corrected chi connectivity index (χ4v) is 2.07. The van der Waals surface area contributed by atoms with E-state index in [-0.39, 0.29) is 6.61 Å². The molecule has 2 rings (SSSR count). The molecule has 0 aliphatic rings. The first-order chi connectivity index (χ1) is 8.69. The molecule has 2 aromatic carbocycles. The van der Waals surface area contributed by atoms with E-state index in [9.17, 15) is 5.11 Å². The Morgan fingerprint density at radius 1 is 0.889 bits per heavy atom. The molecule has 0 radical (unpaired) electrons. The van der Waals surface area contributed by atoms with Crippen LogP contribution >= 0.6 is 31.9 Å². The molecule has 5 heteroatoms. The maximum Gasteiger partial charge on any atom is 0.0912 e. The first-order valence-electron chi connectivity index (χ1n) is 5.25. The lowest BCUT2D eigenvalue weighted by atomic mass is 10.2. The second-order valence-electron chi connectivity index (χ2n) is 3.61. The highest BCUT2D eigenvalue weighted by atomic mass is 79.9. The minimum atomic E-state index is -0.0614. The Labute approximate surface area is 122 Å². The molecule has 0 saturated heterocycles. The summed E-state index contributed by atoms with van der Waals surface area (Å²) in [5, 5.41) is 17.5. The second kappa shape index (κ2) is 6.22. The molecule has 0 aromatic heterocycles. The largest absolute Gasteiger partial charge is 0.392 e. The van der Waals surface area contributed by atoms with E-state index in [4.69, 9.17) is 0 Å². The Hall–Kier alpha value is -1.04. The number of aliphatic hydroxyl groups excluding tert-OH is 1. The molecule has 0 fully saturated rings. The lowest BCUT2D eigenvalue weighted by Gasteiger charge is -2.01. The van der Waals surface area contributed by atoms with Crippen molar-refractivity contribution in [1.29, 1.82) is 0 Å². The zero-order chi connectivity index (χ0) is 13.0. The third-order valence-corrected chi connectivity index (χ3v) is 3.33. The quantitative estimate of drug-likeness (QED) is 0.749. The third-order valence-electron chi connectivity index (χ3n) is 2.31. The Kier molecular flexibility index (Phi) is 4.63. The van der Waals surface area contributed by atoms with Crippen LogP contribution in [0.2, 0.25) is 0 Å². The van der Waals surface area contributed by atoms with Crippen molar-refractivity contribution in [3.8, 4) is 0 Å². The summed E-state index contributed by atoms with van der Waals surface area (Å²) in [6.07, 6.45) is 0. The van der Waals surface area contributed by atoms with Crippen LogP contribution in [0.3, 0.4) is 0 Å². The zero-order valence-corrected chi connectivity index (χ0v) is 12.5. The van der Waals surface area contributed by atoms with Crippen molar-refractivity contribution >= 4 is 43.2 Å². The molecule has 1 N–H and O–H groups in total. The van der Waals surface area contributed by atoms with Gasteiger partial charge in [0.15, 0.2) is 0 Å². The number of hydrogen-bond acceptors (Lipinski definition) is 3. The number of azo groups is 1. The molecule has 0 heterocycles. The molecule has 0 amide bonds. The average Bonchev–Trinajstić information content (AvgIpc) is 2.39. The van der Waals surface area contributed by atoms with Gasteiger partial charge in [0, 0.05) is 14.5 Å². The third kappa shape index (κ3) is 3.48. The van der Waals surface area contributed by atoms with Crippen LogP contribution in [0.4, 0.5) is 11.4 Å². The van der Waals surface area contributed by atoms with Crippen molar-refractivity contribution < 1.29 is 5.11 Å². The molecule has 3 nitrogen and oxygen atoms in total. The lowest BCUT2D eigenvalue weighted by molar-refractivity contribution is 0.282. The molecule has 0 aliphatic carbocycles. The maximum absolute atomic E-state index is 9.25. The fraction of sp³-hybridized carbons (Fsp3) is 0.0769. The Morgan fingerprint density at radius 2 is 1.56 bits per heavy atom. The second-order valence-corrected chi connectivity index (χ2v) is 5.44. The van der Waals surface area contributed by atoms with E-state index in [0.29, 0.717) is 5.69 Å². The summed E-state index contributed by atoms with van der Waals surface area (Å²) in [7, 11) is 0. The molecular formula is C13H10Br2N2O. The van der Waals surface area contributed by atoms with Crippen LogP contribution in [-0.2, 0) is 6.61 Å². The lowest BCUT2D eigenvalue weighted by Crippen LogP contribution is -1.83. The number of nitrogens with zero attached hydrogens (tertiary/aromatic N) is 2. The van der Waals surface area contributed by atoms with Gasteiger partial charge in [-0.2, -0.15) is 10.2 Å². The predicted molar refractivity (Wildman–Crippen MR) is 78.4 cm³/mol. The summed E-state index contributed by atoms with van der Waals surface area (Å²) in [5.41, 5.74) is 2.18. The maximum atomic E-state index is 9.25. The summed E-state index contributed by atoms with van der Waals surface area (Å²) >= 11 is 6.71. The van der Waals surface area contributed by atoms with Crippen molar-refractivity contribution in [2.75, 3.05) is 0 Å². The minimum Gasteiger partial charge on any atom is -0.392 e. The number of halogens is 2. The van der Waals surface area contributed by atoms with E-state index in [1.165, 1.54) is 0 Å².